The van der Waals surface area contributed by atoms with Crippen LogP contribution in [0, 0.1) is 19.7 Å². The lowest BCUT2D eigenvalue weighted by Gasteiger charge is -2.02. The molecule has 0 radical (unpaired) electrons. The topological polar surface area (TPSA) is 57.8 Å². The number of aromatic nitrogens is 2. The number of amides is 1. The van der Waals surface area contributed by atoms with E-state index in [-0.39, 0.29) is 11.7 Å². The molecule has 0 saturated carbocycles. The van der Waals surface area contributed by atoms with Crippen molar-refractivity contribution >= 4 is 33.0 Å². The van der Waals surface area contributed by atoms with E-state index in [9.17, 15) is 9.18 Å². The van der Waals surface area contributed by atoms with E-state index in [1.54, 1.807) is 12.1 Å². The van der Waals surface area contributed by atoms with Crippen molar-refractivity contribution in [3.8, 4) is 0 Å². The van der Waals surface area contributed by atoms with E-state index < -0.39 is 0 Å². The first-order valence-corrected chi connectivity index (χ1v) is 6.88. The number of H-pyrrole nitrogens is 1. The fourth-order valence-electron chi connectivity index (χ4n) is 2.03. The molecule has 2 N–H and O–H groups in total. The summed E-state index contributed by atoms with van der Waals surface area (Å²) in [6, 6.07) is 6.26. The number of fused-ring (bicyclic) bond motifs is 1. The minimum atomic E-state index is -0.298. The summed E-state index contributed by atoms with van der Waals surface area (Å²) in [5.41, 5.74) is 2.24. The molecule has 0 saturated heterocycles. The first-order valence-electron chi connectivity index (χ1n) is 6.06. The lowest BCUT2D eigenvalue weighted by atomic mass is 10.2. The quantitative estimate of drug-likeness (QED) is 0.757. The summed E-state index contributed by atoms with van der Waals surface area (Å²) in [4.78, 5) is 12.8. The fraction of sp³-hybridized carbons (Fsp3) is 0.143. The first-order chi connectivity index (χ1) is 9.54. The second-order valence-corrected chi connectivity index (χ2v) is 5.64. The van der Waals surface area contributed by atoms with Gasteiger partial charge in [-0.25, -0.2) is 4.39 Å². The van der Waals surface area contributed by atoms with Gasteiger partial charge in [-0.3, -0.25) is 9.89 Å². The molecule has 3 aromatic rings. The largest absolute Gasteiger partial charge is 0.318 e. The number of hydrogen-bond donors (Lipinski definition) is 2. The second kappa shape index (κ2) is 4.72. The third-order valence-electron chi connectivity index (χ3n) is 3.07. The van der Waals surface area contributed by atoms with E-state index >= 15 is 0 Å². The van der Waals surface area contributed by atoms with Crippen LogP contribution in [-0.2, 0) is 0 Å². The molecule has 0 aliphatic carbocycles. The minimum absolute atomic E-state index is 0.209. The van der Waals surface area contributed by atoms with Crippen molar-refractivity contribution in [3.63, 3.8) is 0 Å². The molecule has 2 heterocycles. The monoisotopic (exact) mass is 289 g/mol. The van der Waals surface area contributed by atoms with Gasteiger partial charge in [-0.1, -0.05) is 6.07 Å². The zero-order valence-electron chi connectivity index (χ0n) is 11.0. The molecule has 102 valence electrons. The van der Waals surface area contributed by atoms with Gasteiger partial charge in [0.15, 0.2) is 0 Å². The number of thiophene rings is 1. The SMILES string of the molecule is Cc1n[nH]c(C)c1NC(=O)c1cc2ccc(F)cc2s1. The molecule has 0 unspecified atom stereocenters. The number of aromatic amines is 1. The highest BCUT2D eigenvalue weighted by Gasteiger charge is 2.14. The van der Waals surface area contributed by atoms with Crippen molar-refractivity contribution in [3.05, 3.63) is 46.3 Å². The standard InChI is InChI=1S/C14H12FN3OS/c1-7-13(8(2)18-17-7)16-14(19)12-5-9-3-4-10(15)6-11(9)20-12/h3-6H,1-2H3,(H,16,19)(H,17,18). The van der Waals surface area contributed by atoms with E-state index in [0.29, 0.717) is 10.6 Å². The summed E-state index contributed by atoms with van der Waals surface area (Å²) < 4.78 is 13.9. The molecule has 1 aromatic carbocycles. The number of nitrogens with one attached hydrogen (secondary N) is 2. The van der Waals surface area contributed by atoms with E-state index in [1.807, 2.05) is 13.8 Å². The van der Waals surface area contributed by atoms with Gasteiger partial charge in [0.25, 0.3) is 5.91 Å². The molecule has 0 bridgehead atoms. The Labute approximate surface area is 118 Å². The van der Waals surface area contributed by atoms with Crippen LogP contribution in [0.15, 0.2) is 24.3 Å². The number of nitrogens with zero attached hydrogens (tertiary/aromatic N) is 1. The van der Waals surface area contributed by atoms with Crippen LogP contribution < -0.4 is 5.32 Å². The van der Waals surface area contributed by atoms with Crippen LogP contribution in [0.3, 0.4) is 0 Å². The van der Waals surface area contributed by atoms with Crippen molar-refractivity contribution < 1.29 is 9.18 Å². The van der Waals surface area contributed by atoms with Crippen molar-refractivity contribution in [2.24, 2.45) is 0 Å². The predicted molar refractivity (Wildman–Crippen MR) is 77.8 cm³/mol. The molecule has 0 spiro atoms. The van der Waals surface area contributed by atoms with Crippen LogP contribution in [0.5, 0.6) is 0 Å². The number of aryl methyl sites for hydroxylation is 2. The maximum Gasteiger partial charge on any atom is 0.265 e. The summed E-state index contributed by atoms with van der Waals surface area (Å²) in [7, 11) is 0. The summed E-state index contributed by atoms with van der Waals surface area (Å²) in [6.07, 6.45) is 0. The van der Waals surface area contributed by atoms with Crippen molar-refractivity contribution in [1.82, 2.24) is 10.2 Å². The van der Waals surface area contributed by atoms with Crippen molar-refractivity contribution in [1.29, 1.82) is 0 Å². The molecule has 3 rings (SSSR count). The normalized spacial score (nSPS) is 10.9. The molecule has 0 atom stereocenters. The van der Waals surface area contributed by atoms with Crippen LogP contribution in [0.4, 0.5) is 10.1 Å². The average molecular weight is 289 g/mol. The maximum atomic E-state index is 13.2. The number of anilines is 1. The second-order valence-electron chi connectivity index (χ2n) is 4.56. The van der Waals surface area contributed by atoms with Gasteiger partial charge in [0.05, 0.1) is 22.0 Å². The number of halogens is 1. The molecule has 4 nitrogen and oxygen atoms in total. The Balaban J connectivity index is 1.93. The fourth-order valence-corrected chi connectivity index (χ4v) is 3.01. The highest BCUT2D eigenvalue weighted by molar-refractivity contribution is 7.20. The Bertz CT molecular complexity index is 786. The molecule has 0 aliphatic rings. The van der Waals surface area contributed by atoms with Gasteiger partial charge < -0.3 is 5.32 Å². The highest BCUT2D eigenvalue weighted by atomic mass is 32.1. The van der Waals surface area contributed by atoms with Crippen LogP contribution >= 0.6 is 11.3 Å². The lowest BCUT2D eigenvalue weighted by Crippen LogP contribution is -2.11. The number of rotatable bonds is 2. The number of benzene rings is 1. The minimum Gasteiger partial charge on any atom is -0.318 e. The number of carbonyl (C=O) groups excluding carboxylic acids is 1. The van der Waals surface area contributed by atoms with Gasteiger partial charge in [-0.15, -0.1) is 11.3 Å². The molecule has 0 aliphatic heterocycles. The van der Waals surface area contributed by atoms with Crippen LogP contribution in [0.2, 0.25) is 0 Å². The molecule has 6 heteroatoms. The van der Waals surface area contributed by atoms with Gasteiger partial charge in [0.1, 0.15) is 5.82 Å². The third-order valence-corrected chi connectivity index (χ3v) is 4.17. The van der Waals surface area contributed by atoms with E-state index in [0.717, 1.165) is 21.5 Å². The van der Waals surface area contributed by atoms with E-state index in [1.165, 1.54) is 23.5 Å². The maximum absolute atomic E-state index is 13.2. The summed E-state index contributed by atoms with van der Waals surface area (Å²) in [6.45, 7) is 3.66. The third kappa shape index (κ3) is 2.18. The highest BCUT2D eigenvalue weighted by Crippen LogP contribution is 2.27. The van der Waals surface area contributed by atoms with Crippen molar-refractivity contribution in [2.75, 3.05) is 5.32 Å². The van der Waals surface area contributed by atoms with Crippen LogP contribution in [0.25, 0.3) is 10.1 Å². The molecule has 20 heavy (non-hydrogen) atoms. The molecule has 1 amide bonds. The van der Waals surface area contributed by atoms with Crippen LogP contribution in [-0.4, -0.2) is 16.1 Å². The summed E-state index contributed by atoms with van der Waals surface area (Å²) in [5.74, 6) is -0.507. The van der Waals surface area contributed by atoms with Gasteiger partial charge in [-0.2, -0.15) is 5.10 Å². The number of hydrogen-bond acceptors (Lipinski definition) is 3. The van der Waals surface area contributed by atoms with Crippen LogP contribution in [0.1, 0.15) is 21.1 Å². The Morgan fingerprint density at radius 1 is 1.35 bits per heavy atom. The van der Waals surface area contributed by atoms with Crippen molar-refractivity contribution in [2.45, 2.75) is 13.8 Å². The first kappa shape index (κ1) is 12.8. The molecular formula is C14H12FN3OS. The van der Waals surface area contributed by atoms with E-state index in [2.05, 4.69) is 15.5 Å². The van der Waals surface area contributed by atoms with E-state index in [4.69, 9.17) is 0 Å². The Morgan fingerprint density at radius 3 is 2.85 bits per heavy atom. The molecule has 0 fully saturated rings. The van der Waals surface area contributed by atoms with Gasteiger partial charge >= 0.3 is 0 Å². The zero-order valence-corrected chi connectivity index (χ0v) is 11.8. The smallest absolute Gasteiger partial charge is 0.265 e. The Kier molecular flexibility index (Phi) is 3.02. The summed E-state index contributed by atoms with van der Waals surface area (Å²) in [5, 5.41) is 10.5. The Morgan fingerprint density at radius 2 is 2.15 bits per heavy atom. The van der Waals surface area contributed by atoms with Gasteiger partial charge in [0, 0.05) is 4.70 Å². The van der Waals surface area contributed by atoms with Gasteiger partial charge in [-0.05, 0) is 37.4 Å². The van der Waals surface area contributed by atoms with Gasteiger partial charge in [0.2, 0.25) is 0 Å². The lowest BCUT2D eigenvalue weighted by molar-refractivity contribution is 0.103. The summed E-state index contributed by atoms with van der Waals surface area (Å²) >= 11 is 1.27. The molecule has 2 aromatic heterocycles. The molecular weight excluding hydrogens is 277 g/mol. The predicted octanol–water partition coefficient (Wildman–Crippen LogP) is 3.63. The zero-order chi connectivity index (χ0) is 14.3. The number of carbonyl (C=O) groups is 1. The average Bonchev–Trinajstić information content (AvgIpc) is 2.96. The Hall–Kier alpha value is -2.21.